The van der Waals surface area contributed by atoms with Crippen LogP contribution < -0.4 is 15.8 Å². The Hall–Kier alpha value is -4.67. The lowest BCUT2D eigenvalue weighted by molar-refractivity contribution is -0.136. The number of imide groups is 1. The van der Waals surface area contributed by atoms with E-state index in [1.807, 2.05) is 0 Å². The third-order valence-corrected chi connectivity index (χ3v) is 6.59. The van der Waals surface area contributed by atoms with Crippen LogP contribution in [0.4, 0.5) is 18.0 Å². The molecular formula is C27H20F3N3O5. The van der Waals surface area contributed by atoms with Crippen molar-refractivity contribution in [3.63, 3.8) is 0 Å². The summed E-state index contributed by atoms with van der Waals surface area (Å²) in [5.41, 5.74) is 4.85. The first-order valence-corrected chi connectivity index (χ1v) is 11.6. The van der Waals surface area contributed by atoms with Crippen LogP contribution in [0.5, 0.6) is 5.75 Å². The molecule has 11 heteroatoms. The number of nitrogens with two attached hydrogens (primary N) is 1. The van der Waals surface area contributed by atoms with E-state index in [4.69, 9.17) is 10.5 Å². The standard InChI is InChI=1S/C27H20F3N3O5/c28-18-10-13(8-15-17(18)12-33(26(15)36)20-6-7-22(34)32-25(20)35)9-16-21(38-27(31)37)11-19(29)23(24(16)30)14-4-2-1-3-5-14/h1-5,8,10-11,20H,6-7,9,12H2,(H2,31,37)(H,32,34,35). The summed E-state index contributed by atoms with van der Waals surface area (Å²) < 4.78 is 50.6. The second-order valence-corrected chi connectivity index (χ2v) is 8.99. The molecule has 3 N–H and O–H groups in total. The number of carbonyl (C=O) groups is 4. The van der Waals surface area contributed by atoms with Crippen molar-refractivity contribution < 1.29 is 37.1 Å². The smallest absolute Gasteiger partial charge is 0.409 e. The van der Waals surface area contributed by atoms with Crippen LogP contribution >= 0.6 is 0 Å². The highest BCUT2D eigenvalue weighted by molar-refractivity contribution is 6.05. The molecule has 5 rings (SSSR count). The summed E-state index contributed by atoms with van der Waals surface area (Å²) in [5.74, 6) is -4.98. The topological polar surface area (TPSA) is 119 Å². The van der Waals surface area contributed by atoms with Crippen molar-refractivity contribution in [2.24, 2.45) is 5.73 Å². The van der Waals surface area contributed by atoms with Crippen LogP contribution in [0.1, 0.15) is 39.9 Å². The number of rotatable bonds is 5. The zero-order valence-electron chi connectivity index (χ0n) is 19.7. The predicted molar refractivity (Wildman–Crippen MR) is 127 cm³/mol. The lowest BCUT2D eigenvalue weighted by Gasteiger charge is -2.29. The molecule has 2 aliphatic heterocycles. The maximum absolute atomic E-state index is 15.7. The van der Waals surface area contributed by atoms with Gasteiger partial charge in [0, 0.05) is 35.6 Å². The summed E-state index contributed by atoms with van der Waals surface area (Å²) in [6.07, 6.45) is -1.52. The van der Waals surface area contributed by atoms with Gasteiger partial charge in [-0.3, -0.25) is 19.7 Å². The molecular weight excluding hydrogens is 503 g/mol. The highest BCUT2D eigenvalue weighted by Gasteiger charge is 2.40. The molecule has 1 atom stereocenters. The molecule has 1 unspecified atom stereocenters. The number of carbonyl (C=O) groups excluding carboxylic acids is 4. The molecule has 0 radical (unpaired) electrons. The van der Waals surface area contributed by atoms with Crippen LogP contribution in [0.25, 0.3) is 11.1 Å². The molecule has 3 aromatic carbocycles. The van der Waals surface area contributed by atoms with E-state index >= 15 is 8.78 Å². The molecule has 38 heavy (non-hydrogen) atoms. The van der Waals surface area contributed by atoms with Gasteiger partial charge in [-0.15, -0.1) is 0 Å². The van der Waals surface area contributed by atoms with E-state index in [0.717, 1.165) is 12.1 Å². The molecule has 8 nitrogen and oxygen atoms in total. The van der Waals surface area contributed by atoms with E-state index in [9.17, 15) is 23.6 Å². The average molecular weight is 523 g/mol. The van der Waals surface area contributed by atoms with Crippen LogP contribution in [0.3, 0.4) is 0 Å². The van der Waals surface area contributed by atoms with Crippen molar-refractivity contribution in [1.29, 1.82) is 0 Å². The van der Waals surface area contributed by atoms with Gasteiger partial charge in [-0.2, -0.15) is 0 Å². The van der Waals surface area contributed by atoms with Crippen molar-refractivity contribution in [3.8, 4) is 16.9 Å². The van der Waals surface area contributed by atoms with Crippen LogP contribution in [0.15, 0.2) is 48.5 Å². The van der Waals surface area contributed by atoms with Crippen molar-refractivity contribution in [2.45, 2.75) is 31.8 Å². The summed E-state index contributed by atoms with van der Waals surface area (Å²) in [4.78, 5) is 49.5. The molecule has 0 saturated carbocycles. The van der Waals surface area contributed by atoms with Crippen molar-refractivity contribution in [1.82, 2.24) is 10.2 Å². The monoisotopic (exact) mass is 523 g/mol. The first-order chi connectivity index (χ1) is 18.1. The highest BCUT2D eigenvalue weighted by atomic mass is 19.1. The third kappa shape index (κ3) is 4.47. The molecule has 194 valence electrons. The third-order valence-electron chi connectivity index (χ3n) is 6.59. The van der Waals surface area contributed by atoms with Crippen molar-refractivity contribution in [3.05, 3.63) is 88.2 Å². The van der Waals surface area contributed by atoms with Gasteiger partial charge in [-0.05, 0) is 29.7 Å². The van der Waals surface area contributed by atoms with E-state index in [2.05, 4.69) is 5.32 Å². The second kappa shape index (κ2) is 9.66. The number of piperidine rings is 1. The maximum atomic E-state index is 15.7. The van der Waals surface area contributed by atoms with E-state index in [1.54, 1.807) is 18.2 Å². The van der Waals surface area contributed by atoms with Gasteiger partial charge < -0.3 is 15.4 Å². The minimum Gasteiger partial charge on any atom is -0.410 e. The van der Waals surface area contributed by atoms with Crippen LogP contribution in [-0.2, 0) is 22.6 Å². The molecule has 1 saturated heterocycles. The number of ether oxygens (including phenoxy) is 1. The fourth-order valence-corrected chi connectivity index (χ4v) is 4.85. The number of nitrogens with one attached hydrogen (secondary N) is 1. The number of primary amides is 1. The highest BCUT2D eigenvalue weighted by Crippen LogP contribution is 2.37. The number of nitrogens with zero attached hydrogens (tertiary/aromatic N) is 1. The molecule has 2 heterocycles. The van der Waals surface area contributed by atoms with Gasteiger partial charge in [0.2, 0.25) is 11.8 Å². The maximum Gasteiger partial charge on any atom is 0.409 e. The second-order valence-electron chi connectivity index (χ2n) is 8.99. The summed E-state index contributed by atoms with van der Waals surface area (Å²) in [6, 6.07) is 10.2. The Morgan fingerprint density at radius 2 is 1.79 bits per heavy atom. The van der Waals surface area contributed by atoms with Crippen LogP contribution in [0, 0.1) is 17.5 Å². The zero-order valence-corrected chi connectivity index (χ0v) is 19.7. The molecule has 0 bridgehead atoms. The Morgan fingerprint density at radius 3 is 2.47 bits per heavy atom. The number of fused-ring (bicyclic) bond motifs is 1. The van der Waals surface area contributed by atoms with Crippen LogP contribution in [-0.4, -0.2) is 34.8 Å². The lowest BCUT2D eigenvalue weighted by atomic mass is 9.95. The Morgan fingerprint density at radius 1 is 1.05 bits per heavy atom. The molecule has 4 amide bonds. The first kappa shape index (κ1) is 25.0. The number of hydrogen-bond acceptors (Lipinski definition) is 5. The Bertz CT molecular complexity index is 1510. The van der Waals surface area contributed by atoms with Crippen LogP contribution in [0.2, 0.25) is 0 Å². The first-order valence-electron chi connectivity index (χ1n) is 11.6. The zero-order chi connectivity index (χ0) is 27.1. The fraction of sp³-hybridized carbons (Fsp3) is 0.185. The number of hydrogen-bond donors (Lipinski definition) is 2. The normalized spacial score (nSPS) is 16.9. The van der Waals surface area contributed by atoms with E-state index < -0.39 is 53.1 Å². The molecule has 1 fully saturated rings. The number of halogens is 3. The van der Waals surface area contributed by atoms with Gasteiger partial charge in [0.25, 0.3) is 5.91 Å². The molecule has 0 spiro atoms. The van der Waals surface area contributed by atoms with Crippen molar-refractivity contribution >= 4 is 23.8 Å². The Kier molecular flexibility index (Phi) is 6.35. The van der Waals surface area contributed by atoms with E-state index in [1.165, 1.54) is 23.1 Å². The SMILES string of the molecule is NC(=O)Oc1cc(F)c(-c2ccccc2)c(F)c1Cc1cc(F)c2c(c1)C(=O)N(C1CCC(=O)NC1=O)C2. The van der Waals surface area contributed by atoms with Gasteiger partial charge in [-0.1, -0.05) is 30.3 Å². The number of benzene rings is 3. The van der Waals surface area contributed by atoms with Gasteiger partial charge in [0.15, 0.2) is 0 Å². The predicted octanol–water partition coefficient (Wildman–Crippen LogP) is 3.58. The summed E-state index contributed by atoms with van der Waals surface area (Å²) >= 11 is 0. The number of amides is 4. The minimum absolute atomic E-state index is 0.0205. The van der Waals surface area contributed by atoms with E-state index in [0.29, 0.717) is 0 Å². The minimum atomic E-state index is -1.30. The van der Waals surface area contributed by atoms with Gasteiger partial charge in [-0.25, -0.2) is 18.0 Å². The largest absolute Gasteiger partial charge is 0.410 e. The summed E-state index contributed by atoms with van der Waals surface area (Å²) in [5, 5.41) is 2.17. The van der Waals surface area contributed by atoms with Gasteiger partial charge >= 0.3 is 6.09 Å². The Labute approximate surface area is 214 Å². The molecule has 2 aliphatic rings. The summed E-state index contributed by atoms with van der Waals surface area (Å²) in [7, 11) is 0. The van der Waals surface area contributed by atoms with Gasteiger partial charge in [0.1, 0.15) is 29.2 Å². The molecule has 0 aliphatic carbocycles. The average Bonchev–Trinajstić information content (AvgIpc) is 3.18. The Balaban J connectivity index is 1.53. The molecule has 0 aromatic heterocycles. The lowest BCUT2D eigenvalue weighted by Crippen LogP contribution is -2.52. The van der Waals surface area contributed by atoms with Crippen molar-refractivity contribution in [2.75, 3.05) is 0 Å². The van der Waals surface area contributed by atoms with Gasteiger partial charge in [0.05, 0.1) is 12.1 Å². The van der Waals surface area contributed by atoms with E-state index in [-0.39, 0.29) is 59.2 Å². The fourth-order valence-electron chi connectivity index (χ4n) is 4.85. The molecule has 3 aromatic rings. The quantitative estimate of drug-likeness (QED) is 0.496. The summed E-state index contributed by atoms with van der Waals surface area (Å²) in [6.45, 7) is -0.175.